The average molecular weight is 268 g/mol. The standard InChI is InChI=1S/C15H16N4O/c1-11-8-12(9-16)5-6-13(11)10-19-15(20)18-7-3-2-4-14(18)17-19/h5-6,8H,2-4,7,10H2,1H3. The van der Waals surface area contributed by atoms with Crippen molar-refractivity contribution in [1.82, 2.24) is 14.3 Å². The molecule has 1 aromatic carbocycles. The number of aromatic nitrogens is 3. The zero-order valence-electron chi connectivity index (χ0n) is 11.5. The van der Waals surface area contributed by atoms with Gasteiger partial charge in [-0.25, -0.2) is 9.48 Å². The molecule has 0 N–H and O–H groups in total. The minimum atomic E-state index is -0.0246. The van der Waals surface area contributed by atoms with Crippen LogP contribution in [0.1, 0.15) is 35.4 Å². The topological polar surface area (TPSA) is 63.6 Å². The minimum absolute atomic E-state index is 0.0246. The van der Waals surface area contributed by atoms with Crippen molar-refractivity contribution in [2.75, 3.05) is 0 Å². The Labute approximate surface area is 117 Å². The second kappa shape index (κ2) is 4.97. The maximum absolute atomic E-state index is 12.3. The van der Waals surface area contributed by atoms with Crippen molar-refractivity contribution in [3.8, 4) is 6.07 Å². The Morgan fingerprint density at radius 3 is 2.95 bits per heavy atom. The summed E-state index contributed by atoms with van der Waals surface area (Å²) in [6.45, 7) is 3.20. The molecule has 0 unspecified atom stereocenters. The molecule has 20 heavy (non-hydrogen) atoms. The molecule has 0 fully saturated rings. The van der Waals surface area contributed by atoms with Crippen LogP contribution >= 0.6 is 0 Å². The summed E-state index contributed by atoms with van der Waals surface area (Å²) < 4.78 is 3.32. The summed E-state index contributed by atoms with van der Waals surface area (Å²) in [5.41, 5.74) is 2.66. The van der Waals surface area contributed by atoms with E-state index in [2.05, 4.69) is 11.2 Å². The highest BCUT2D eigenvalue weighted by Gasteiger charge is 2.16. The molecule has 1 aromatic heterocycles. The second-order valence-electron chi connectivity index (χ2n) is 5.22. The molecule has 1 aliphatic rings. The molecule has 0 aliphatic carbocycles. The van der Waals surface area contributed by atoms with Crippen LogP contribution in [-0.2, 0) is 19.5 Å². The molecule has 0 amide bonds. The molecule has 0 spiro atoms. The van der Waals surface area contributed by atoms with Crippen molar-refractivity contribution in [2.24, 2.45) is 0 Å². The van der Waals surface area contributed by atoms with Gasteiger partial charge in [0, 0.05) is 13.0 Å². The van der Waals surface area contributed by atoms with Gasteiger partial charge in [-0.15, -0.1) is 0 Å². The van der Waals surface area contributed by atoms with E-state index in [0.717, 1.165) is 42.8 Å². The molecule has 5 nitrogen and oxygen atoms in total. The number of benzene rings is 1. The molecule has 3 rings (SSSR count). The van der Waals surface area contributed by atoms with Crippen LogP contribution in [0.4, 0.5) is 0 Å². The van der Waals surface area contributed by atoms with Crippen LogP contribution in [0, 0.1) is 18.3 Å². The van der Waals surface area contributed by atoms with Crippen LogP contribution in [0.5, 0.6) is 0 Å². The fourth-order valence-electron chi connectivity index (χ4n) is 2.66. The van der Waals surface area contributed by atoms with Gasteiger partial charge in [-0.2, -0.15) is 10.4 Å². The summed E-state index contributed by atoms with van der Waals surface area (Å²) in [6, 6.07) is 7.65. The normalized spacial score (nSPS) is 13.8. The highest BCUT2D eigenvalue weighted by molar-refractivity contribution is 5.37. The lowest BCUT2D eigenvalue weighted by molar-refractivity contribution is 0.511. The number of fused-ring (bicyclic) bond motifs is 1. The summed E-state index contributed by atoms with van der Waals surface area (Å²) in [6.07, 6.45) is 3.04. The number of rotatable bonds is 2. The Kier molecular flexibility index (Phi) is 3.15. The molecule has 0 atom stereocenters. The van der Waals surface area contributed by atoms with Crippen molar-refractivity contribution in [3.05, 3.63) is 51.2 Å². The van der Waals surface area contributed by atoms with E-state index in [0.29, 0.717) is 12.1 Å². The zero-order chi connectivity index (χ0) is 14.1. The van der Waals surface area contributed by atoms with Crippen LogP contribution in [0.15, 0.2) is 23.0 Å². The van der Waals surface area contributed by atoms with Gasteiger partial charge in [-0.1, -0.05) is 6.07 Å². The Balaban J connectivity index is 1.94. The van der Waals surface area contributed by atoms with Gasteiger partial charge >= 0.3 is 5.69 Å². The molecule has 2 aromatic rings. The van der Waals surface area contributed by atoms with E-state index in [4.69, 9.17) is 5.26 Å². The van der Waals surface area contributed by atoms with E-state index in [1.807, 2.05) is 19.1 Å². The van der Waals surface area contributed by atoms with Gasteiger partial charge in [0.15, 0.2) is 0 Å². The fourth-order valence-corrected chi connectivity index (χ4v) is 2.66. The highest BCUT2D eigenvalue weighted by atomic mass is 16.2. The first kappa shape index (κ1) is 12.7. The molecule has 2 heterocycles. The summed E-state index contributed by atoms with van der Waals surface area (Å²) >= 11 is 0. The van der Waals surface area contributed by atoms with Gasteiger partial charge in [0.2, 0.25) is 0 Å². The Morgan fingerprint density at radius 1 is 1.40 bits per heavy atom. The summed E-state index contributed by atoms with van der Waals surface area (Å²) in [5, 5.41) is 13.3. The number of nitriles is 1. The lowest BCUT2D eigenvalue weighted by atomic mass is 10.1. The van der Waals surface area contributed by atoms with Crippen molar-refractivity contribution in [2.45, 2.75) is 39.3 Å². The molecule has 0 radical (unpaired) electrons. The fraction of sp³-hybridized carbons (Fsp3) is 0.400. The molecule has 102 valence electrons. The Bertz CT molecular complexity index is 748. The van der Waals surface area contributed by atoms with Gasteiger partial charge in [0.25, 0.3) is 0 Å². The van der Waals surface area contributed by atoms with Crippen molar-refractivity contribution in [1.29, 1.82) is 5.26 Å². The van der Waals surface area contributed by atoms with Crippen molar-refractivity contribution in [3.63, 3.8) is 0 Å². The predicted molar refractivity (Wildman–Crippen MR) is 74.4 cm³/mol. The van der Waals surface area contributed by atoms with Crippen LogP contribution in [0.25, 0.3) is 0 Å². The van der Waals surface area contributed by atoms with Crippen LogP contribution in [0.3, 0.4) is 0 Å². The smallest absolute Gasteiger partial charge is 0.279 e. The molecular formula is C15H16N4O. The zero-order valence-corrected chi connectivity index (χ0v) is 11.5. The summed E-state index contributed by atoms with van der Waals surface area (Å²) in [4.78, 5) is 12.3. The van der Waals surface area contributed by atoms with Crippen LogP contribution in [-0.4, -0.2) is 14.3 Å². The molecule has 5 heteroatoms. The summed E-state index contributed by atoms with van der Waals surface area (Å²) in [7, 11) is 0. The molecule has 1 aliphatic heterocycles. The third-order valence-corrected chi connectivity index (χ3v) is 3.82. The number of nitrogens with zero attached hydrogens (tertiary/aromatic N) is 4. The lowest BCUT2D eigenvalue weighted by Gasteiger charge is -2.09. The van der Waals surface area contributed by atoms with Crippen LogP contribution < -0.4 is 5.69 Å². The number of hydrogen-bond donors (Lipinski definition) is 0. The third kappa shape index (κ3) is 2.14. The van der Waals surface area contributed by atoms with E-state index >= 15 is 0 Å². The third-order valence-electron chi connectivity index (χ3n) is 3.82. The van der Waals surface area contributed by atoms with Crippen molar-refractivity contribution < 1.29 is 0 Å². The minimum Gasteiger partial charge on any atom is -0.279 e. The van der Waals surface area contributed by atoms with E-state index in [1.165, 1.54) is 4.68 Å². The first-order chi connectivity index (χ1) is 9.69. The molecular weight excluding hydrogens is 252 g/mol. The van der Waals surface area contributed by atoms with Gasteiger partial charge in [-0.3, -0.25) is 4.57 Å². The van der Waals surface area contributed by atoms with Gasteiger partial charge < -0.3 is 0 Å². The molecule has 0 saturated heterocycles. The first-order valence-corrected chi connectivity index (χ1v) is 6.85. The quantitative estimate of drug-likeness (QED) is 0.831. The van der Waals surface area contributed by atoms with E-state index in [1.54, 1.807) is 10.6 Å². The molecule has 0 bridgehead atoms. The maximum atomic E-state index is 12.3. The van der Waals surface area contributed by atoms with Crippen molar-refractivity contribution >= 4 is 0 Å². The Morgan fingerprint density at radius 2 is 2.25 bits per heavy atom. The summed E-state index contributed by atoms with van der Waals surface area (Å²) in [5.74, 6) is 0.896. The van der Waals surface area contributed by atoms with Gasteiger partial charge in [-0.05, 0) is 43.0 Å². The SMILES string of the molecule is Cc1cc(C#N)ccc1Cn1nc2n(c1=O)CCCC2. The number of hydrogen-bond acceptors (Lipinski definition) is 3. The van der Waals surface area contributed by atoms with Gasteiger partial charge in [0.1, 0.15) is 5.82 Å². The monoisotopic (exact) mass is 268 g/mol. The number of aryl methyl sites for hydroxylation is 2. The average Bonchev–Trinajstić information content (AvgIpc) is 2.78. The lowest BCUT2D eigenvalue weighted by Crippen LogP contribution is -2.27. The van der Waals surface area contributed by atoms with E-state index in [-0.39, 0.29) is 5.69 Å². The van der Waals surface area contributed by atoms with Gasteiger partial charge in [0.05, 0.1) is 18.2 Å². The second-order valence-corrected chi connectivity index (χ2v) is 5.22. The predicted octanol–water partition coefficient (Wildman–Crippen LogP) is 1.61. The maximum Gasteiger partial charge on any atom is 0.346 e. The first-order valence-electron chi connectivity index (χ1n) is 6.85. The van der Waals surface area contributed by atoms with Crippen LogP contribution in [0.2, 0.25) is 0 Å². The molecule has 0 saturated carbocycles. The van der Waals surface area contributed by atoms with E-state index < -0.39 is 0 Å². The highest BCUT2D eigenvalue weighted by Crippen LogP contribution is 2.13. The largest absolute Gasteiger partial charge is 0.346 e. The Hall–Kier alpha value is -2.35. The van der Waals surface area contributed by atoms with E-state index in [9.17, 15) is 4.79 Å².